The second kappa shape index (κ2) is 5.82. The van der Waals surface area contributed by atoms with E-state index < -0.39 is 5.97 Å². The molecule has 1 aromatic carbocycles. The van der Waals surface area contributed by atoms with Crippen LogP contribution in [0.2, 0.25) is 0 Å². The summed E-state index contributed by atoms with van der Waals surface area (Å²) < 4.78 is 5.14. The molecule has 0 amide bonds. The Balaban J connectivity index is 3.13. The smallest absolute Gasteiger partial charge is 0.304 e. The van der Waals surface area contributed by atoms with Crippen molar-refractivity contribution < 1.29 is 14.6 Å². The summed E-state index contributed by atoms with van der Waals surface area (Å²) >= 11 is 0. The molecule has 0 fully saturated rings. The quantitative estimate of drug-likeness (QED) is 0.855. The van der Waals surface area contributed by atoms with Crippen LogP contribution >= 0.6 is 0 Å². The fourth-order valence-corrected chi connectivity index (χ4v) is 2.49. The first kappa shape index (κ1) is 13.7. The molecule has 0 saturated heterocycles. The number of aryl methyl sites for hydroxylation is 3. The molecule has 94 valence electrons. The van der Waals surface area contributed by atoms with Gasteiger partial charge in [-0.3, -0.25) is 4.79 Å². The molecule has 0 spiro atoms. The number of ether oxygens (including phenoxy) is 1. The SMILES string of the molecule is COCC(CC(=O)O)c1c(C)cc(C)cc1C. The van der Waals surface area contributed by atoms with Crippen molar-refractivity contribution in [3.63, 3.8) is 0 Å². The number of carbonyl (C=O) groups is 1. The van der Waals surface area contributed by atoms with E-state index in [4.69, 9.17) is 9.84 Å². The van der Waals surface area contributed by atoms with Crippen LogP contribution in [0.5, 0.6) is 0 Å². The number of methoxy groups -OCH3 is 1. The van der Waals surface area contributed by atoms with Gasteiger partial charge in [-0.1, -0.05) is 17.7 Å². The van der Waals surface area contributed by atoms with Gasteiger partial charge < -0.3 is 9.84 Å². The maximum Gasteiger partial charge on any atom is 0.304 e. The van der Waals surface area contributed by atoms with Crippen LogP contribution in [0.4, 0.5) is 0 Å². The first-order valence-corrected chi connectivity index (χ1v) is 5.74. The van der Waals surface area contributed by atoms with Gasteiger partial charge in [-0.15, -0.1) is 0 Å². The zero-order valence-electron chi connectivity index (χ0n) is 10.9. The predicted octanol–water partition coefficient (Wildman–Crippen LogP) is 2.82. The van der Waals surface area contributed by atoms with E-state index in [1.807, 2.05) is 20.8 Å². The highest BCUT2D eigenvalue weighted by Crippen LogP contribution is 2.28. The minimum Gasteiger partial charge on any atom is -0.481 e. The lowest BCUT2D eigenvalue weighted by molar-refractivity contribution is -0.137. The third-order valence-electron chi connectivity index (χ3n) is 2.94. The van der Waals surface area contributed by atoms with E-state index >= 15 is 0 Å². The average Bonchev–Trinajstić information content (AvgIpc) is 2.14. The molecule has 17 heavy (non-hydrogen) atoms. The third-order valence-corrected chi connectivity index (χ3v) is 2.94. The van der Waals surface area contributed by atoms with Gasteiger partial charge in [0.1, 0.15) is 0 Å². The van der Waals surface area contributed by atoms with Gasteiger partial charge in [0.25, 0.3) is 0 Å². The topological polar surface area (TPSA) is 46.5 Å². The Morgan fingerprint density at radius 3 is 2.24 bits per heavy atom. The van der Waals surface area contributed by atoms with Crippen LogP contribution in [0, 0.1) is 20.8 Å². The highest BCUT2D eigenvalue weighted by atomic mass is 16.5. The van der Waals surface area contributed by atoms with Gasteiger partial charge in [0.15, 0.2) is 0 Å². The van der Waals surface area contributed by atoms with Gasteiger partial charge in [-0.05, 0) is 37.5 Å². The Hall–Kier alpha value is -1.35. The molecule has 1 aromatic rings. The molecule has 3 heteroatoms. The van der Waals surface area contributed by atoms with Crippen molar-refractivity contribution in [2.75, 3.05) is 13.7 Å². The number of carboxylic acid groups (broad SMARTS) is 1. The molecule has 0 bridgehead atoms. The fraction of sp³-hybridized carbons (Fsp3) is 0.500. The van der Waals surface area contributed by atoms with Crippen LogP contribution < -0.4 is 0 Å². The van der Waals surface area contributed by atoms with Gasteiger partial charge in [0, 0.05) is 13.0 Å². The summed E-state index contributed by atoms with van der Waals surface area (Å²) in [4.78, 5) is 10.9. The standard InChI is InChI=1S/C14H20O3/c1-9-5-10(2)14(11(3)6-9)12(8-17-4)7-13(15)16/h5-6,12H,7-8H2,1-4H3,(H,15,16). The molecule has 0 heterocycles. The Morgan fingerprint density at radius 2 is 1.82 bits per heavy atom. The number of aliphatic carboxylic acids is 1. The van der Waals surface area contributed by atoms with E-state index in [1.54, 1.807) is 7.11 Å². The number of carboxylic acids is 1. The monoisotopic (exact) mass is 236 g/mol. The Labute approximate surface area is 102 Å². The molecular formula is C14H20O3. The van der Waals surface area contributed by atoms with Gasteiger partial charge in [-0.2, -0.15) is 0 Å². The molecule has 3 nitrogen and oxygen atoms in total. The van der Waals surface area contributed by atoms with Crippen LogP contribution in [0.25, 0.3) is 0 Å². The molecule has 1 N–H and O–H groups in total. The van der Waals surface area contributed by atoms with E-state index in [0.29, 0.717) is 6.61 Å². The second-order valence-corrected chi connectivity index (χ2v) is 4.56. The van der Waals surface area contributed by atoms with Crippen molar-refractivity contribution in [1.82, 2.24) is 0 Å². The summed E-state index contributed by atoms with van der Waals surface area (Å²) in [6, 6.07) is 4.18. The summed E-state index contributed by atoms with van der Waals surface area (Å²) in [7, 11) is 1.60. The summed E-state index contributed by atoms with van der Waals surface area (Å²) in [5, 5.41) is 8.95. The Morgan fingerprint density at radius 1 is 1.29 bits per heavy atom. The number of benzene rings is 1. The number of hydrogen-bond acceptors (Lipinski definition) is 2. The highest BCUT2D eigenvalue weighted by Gasteiger charge is 2.19. The minimum absolute atomic E-state index is 0.0712. The minimum atomic E-state index is -0.786. The number of rotatable bonds is 5. The summed E-state index contributed by atoms with van der Waals surface area (Å²) in [5.41, 5.74) is 4.60. The normalized spacial score (nSPS) is 12.5. The summed E-state index contributed by atoms with van der Waals surface area (Å²) in [5.74, 6) is -0.857. The van der Waals surface area contributed by atoms with Crippen LogP contribution in [0.1, 0.15) is 34.6 Å². The Bertz CT molecular complexity index is 387. The third kappa shape index (κ3) is 3.56. The molecule has 0 aliphatic rings. The van der Waals surface area contributed by atoms with Crippen molar-refractivity contribution in [2.24, 2.45) is 0 Å². The molecule has 1 atom stereocenters. The maximum absolute atomic E-state index is 10.9. The zero-order chi connectivity index (χ0) is 13.0. The molecule has 0 aliphatic heterocycles. The van der Waals surface area contributed by atoms with Crippen LogP contribution in [-0.4, -0.2) is 24.8 Å². The molecule has 1 rings (SSSR count). The lowest BCUT2D eigenvalue weighted by Gasteiger charge is -2.20. The summed E-state index contributed by atoms with van der Waals surface area (Å²) in [6.45, 7) is 6.54. The van der Waals surface area contributed by atoms with Crippen LogP contribution in [0.3, 0.4) is 0 Å². The van der Waals surface area contributed by atoms with Crippen molar-refractivity contribution in [3.8, 4) is 0 Å². The van der Waals surface area contributed by atoms with E-state index in [-0.39, 0.29) is 12.3 Å². The second-order valence-electron chi connectivity index (χ2n) is 4.56. The zero-order valence-corrected chi connectivity index (χ0v) is 10.9. The van der Waals surface area contributed by atoms with Gasteiger partial charge in [0.05, 0.1) is 13.0 Å². The Kier molecular flexibility index (Phi) is 4.70. The highest BCUT2D eigenvalue weighted by molar-refractivity contribution is 5.68. The largest absolute Gasteiger partial charge is 0.481 e. The van der Waals surface area contributed by atoms with Crippen LogP contribution in [-0.2, 0) is 9.53 Å². The maximum atomic E-state index is 10.9. The molecule has 1 unspecified atom stereocenters. The lowest BCUT2D eigenvalue weighted by atomic mass is 9.88. The molecule has 0 aliphatic carbocycles. The van der Waals surface area contributed by atoms with Gasteiger partial charge in [0.2, 0.25) is 0 Å². The first-order chi connectivity index (χ1) is 7.95. The molecule has 0 saturated carbocycles. The summed E-state index contributed by atoms with van der Waals surface area (Å²) in [6.07, 6.45) is 0.110. The molecule has 0 aromatic heterocycles. The predicted molar refractivity (Wildman–Crippen MR) is 67.5 cm³/mol. The van der Waals surface area contributed by atoms with E-state index in [2.05, 4.69) is 12.1 Å². The molecular weight excluding hydrogens is 216 g/mol. The van der Waals surface area contributed by atoms with Crippen LogP contribution in [0.15, 0.2) is 12.1 Å². The van der Waals surface area contributed by atoms with E-state index in [9.17, 15) is 4.79 Å². The first-order valence-electron chi connectivity index (χ1n) is 5.74. The van der Waals surface area contributed by atoms with Crippen molar-refractivity contribution in [2.45, 2.75) is 33.1 Å². The van der Waals surface area contributed by atoms with E-state index in [0.717, 1.165) is 16.7 Å². The lowest BCUT2D eigenvalue weighted by Crippen LogP contribution is -2.14. The average molecular weight is 236 g/mol. The number of hydrogen-bond donors (Lipinski definition) is 1. The fourth-order valence-electron chi connectivity index (χ4n) is 2.49. The van der Waals surface area contributed by atoms with Crippen molar-refractivity contribution in [1.29, 1.82) is 0 Å². The van der Waals surface area contributed by atoms with Gasteiger partial charge in [-0.25, -0.2) is 0 Å². The van der Waals surface area contributed by atoms with Crippen molar-refractivity contribution >= 4 is 5.97 Å². The van der Waals surface area contributed by atoms with Crippen molar-refractivity contribution in [3.05, 3.63) is 34.4 Å². The van der Waals surface area contributed by atoms with E-state index in [1.165, 1.54) is 5.56 Å². The molecule has 0 radical (unpaired) electrons. The van der Waals surface area contributed by atoms with Gasteiger partial charge >= 0.3 is 5.97 Å².